The van der Waals surface area contributed by atoms with Crippen molar-refractivity contribution in [2.45, 2.75) is 46.8 Å². The number of hydrogen-bond acceptors (Lipinski definition) is 6. The van der Waals surface area contributed by atoms with Crippen molar-refractivity contribution in [3.05, 3.63) is 63.4 Å². The van der Waals surface area contributed by atoms with E-state index in [0.29, 0.717) is 17.2 Å². The molecule has 1 amide bonds. The number of benzene rings is 1. The first-order valence-corrected chi connectivity index (χ1v) is 10.2. The van der Waals surface area contributed by atoms with E-state index in [-0.39, 0.29) is 31.3 Å². The van der Waals surface area contributed by atoms with Gasteiger partial charge in [-0.15, -0.1) is 11.3 Å². The van der Waals surface area contributed by atoms with Crippen LogP contribution in [0.15, 0.2) is 35.7 Å². The minimum Gasteiger partial charge on any atom is -0.459 e. The summed E-state index contributed by atoms with van der Waals surface area (Å²) in [6, 6.07) is 9.59. The highest BCUT2D eigenvalue weighted by Gasteiger charge is 2.11. The summed E-state index contributed by atoms with van der Waals surface area (Å²) in [4.78, 5) is 28.6. The molecule has 0 unspecified atom stereocenters. The summed E-state index contributed by atoms with van der Waals surface area (Å²) in [6.45, 7) is 6.41. The van der Waals surface area contributed by atoms with Crippen LogP contribution in [0.25, 0.3) is 0 Å². The van der Waals surface area contributed by atoms with E-state index in [1.54, 1.807) is 4.68 Å². The number of aryl methyl sites for hydroxylation is 4. The van der Waals surface area contributed by atoms with Crippen molar-refractivity contribution in [2.75, 3.05) is 5.32 Å². The Morgan fingerprint density at radius 3 is 2.72 bits per heavy atom. The van der Waals surface area contributed by atoms with E-state index >= 15 is 0 Å². The number of para-hydroxylation sites is 1. The van der Waals surface area contributed by atoms with E-state index in [4.69, 9.17) is 4.74 Å². The zero-order chi connectivity index (χ0) is 20.8. The fourth-order valence-electron chi connectivity index (χ4n) is 2.87. The van der Waals surface area contributed by atoms with Gasteiger partial charge < -0.3 is 10.1 Å². The molecule has 1 N–H and O–H groups in total. The van der Waals surface area contributed by atoms with Crippen molar-refractivity contribution in [3.8, 4) is 0 Å². The largest absolute Gasteiger partial charge is 0.459 e. The Morgan fingerprint density at radius 1 is 1.21 bits per heavy atom. The number of nitrogens with zero attached hydrogens (tertiary/aromatic N) is 3. The van der Waals surface area contributed by atoms with Gasteiger partial charge in [0, 0.05) is 16.8 Å². The first kappa shape index (κ1) is 20.7. The van der Waals surface area contributed by atoms with E-state index in [1.165, 1.54) is 11.3 Å². The first-order valence-electron chi connectivity index (χ1n) is 9.36. The monoisotopic (exact) mass is 412 g/mol. The lowest BCUT2D eigenvalue weighted by molar-refractivity contribution is -0.145. The number of anilines is 1. The van der Waals surface area contributed by atoms with E-state index in [1.807, 2.05) is 56.5 Å². The van der Waals surface area contributed by atoms with Crippen molar-refractivity contribution in [1.82, 2.24) is 14.8 Å². The number of rotatable bonds is 8. The number of amides is 1. The molecule has 0 bridgehead atoms. The topological polar surface area (TPSA) is 86.1 Å². The van der Waals surface area contributed by atoms with Crippen LogP contribution in [0.1, 0.15) is 34.1 Å². The third-order valence-corrected chi connectivity index (χ3v) is 5.24. The first-order chi connectivity index (χ1) is 13.9. The maximum atomic E-state index is 12.2. The molecule has 29 heavy (non-hydrogen) atoms. The summed E-state index contributed by atoms with van der Waals surface area (Å²) < 4.78 is 7.09. The normalized spacial score (nSPS) is 10.7. The number of aromatic nitrogens is 3. The lowest BCUT2D eigenvalue weighted by atomic mass is 10.2. The second kappa shape index (κ2) is 9.47. The predicted molar refractivity (Wildman–Crippen MR) is 112 cm³/mol. The summed E-state index contributed by atoms with van der Waals surface area (Å²) in [7, 11) is 0. The van der Waals surface area contributed by atoms with Gasteiger partial charge in [0.15, 0.2) is 0 Å². The second-order valence-corrected chi connectivity index (χ2v) is 7.78. The number of nitrogens with one attached hydrogen (secondary N) is 1. The summed E-state index contributed by atoms with van der Waals surface area (Å²) in [6.07, 6.45) is 0.433. The number of thiazole rings is 1. The predicted octanol–water partition coefficient (Wildman–Crippen LogP) is 3.58. The summed E-state index contributed by atoms with van der Waals surface area (Å²) >= 11 is 1.38. The highest BCUT2D eigenvalue weighted by Crippen LogP contribution is 2.16. The van der Waals surface area contributed by atoms with Gasteiger partial charge in [0.25, 0.3) is 0 Å². The molecule has 7 nitrogen and oxygen atoms in total. The highest BCUT2D eigenvalue weighted by molar-refractivity contribution is 7.09. The second-order valence-electron chi connectivity index (χ2n) is 6.83. The van der Waals surface area contributed by atoms with Crippen LogP contribution in [0.3, 0.4) is 0 Å². The van der Waals surface area contributed by atoms with Gasteiger partial charge in [0.1, 0.15) is 11.6 Å². The van der Waals surface area contributed by atoms with Crippen LogP contribution in [0.2, 0.25) is 0 Å². The Labute approximate surface area is 173 Å². The van der Waals surface area contributed by atoms with Crippen LogP contribution >= 0.6 is 11.3 Å². The Hall–Kier alpha value is -3.00. The van der Waals surface area contributed by atoms with Gasteiger partial charge in [-0.25, -0.2) is 4.98 Å². The number of carbonyl (C=O) groups excluding carboxylic acids is 2. The van der Waals surface area contributed by atoms with Gasteiger partial charge in [-0.2, -0.15) is 5.10 Å². The zero-order valence-corrected chi connectivity index (χ0v) is 17.6. The highest BCUT2D eigenvalue weighted by atomic mass is 32.1. The Balaban J connectivity index is 1.43. The Morgan fingerprint density at radius 2 is 2.00 bits per heavy atom. The molecule has 0 saturated heterocycles. The molecule has 0 aliphatic rings. The van der Waals surface area contributed by atoms with Crippen molar-refractivity contribution in [2.24, 2.45) is 0 Å². The smallest absolute Gasteiger partial charge is 0.308 e. The van der Waals surface area contributed by atoms with E-state index in [0.717, 1.165) is 22.6 Å². The molecule has 0 atom stereocenters. The molecular formula is C21H24N4O3S. The van der Waals surface area contributed by atoms with Crippen LogP contribution in [-0.2, 0) is 33.9 Å². The standard InChI is InChI=1S/C21H24N4O3S/c1-14-6-4-5-7-18(14)23-19(26)11-20-22-17(13-29-20)12-28-21(27)8-9-25-16(3)10-15(2)24-25/h4-7,10,13H,8-9,11-12H2,1-3H3,(H,23,26). The Bertz CT molecular complexity index is 1010. The molecule has 3 aromatic rings. The van der Waals surface area contributed by atoms with Crippen molar-refractivity contribution >= 4 is 28.9 Å². The Kier molecular flexibility index (Phi) is 6.77. The third-order valence-electron chi connectivity index (χ3n) is 4.34. The number of carbonyl (C=O) groups is 2. The lowest BCUT2D eigenvalue weighted by Gasteiger charge is -2.06. The lowest BCUT2D eigenvalue weighted by Crippen LogP contribution is -2.15. The maximum Gasteiger partial charge on any atom is 0.308 e. The quantitative estimate of drug-likeness (QED) is 0.572. The minimum atomic E-state index is -0.301. The molecule has 0 fully saturated rings. The zero-order valence-electron chi connectivity index (χ0n) is 16.8. The fraction of sp³-hybridized carbons (Fsp3) is 0.333. The number of ether oxygens (including phenoxy) is 1. The van der Waals surface area contributed by atoms with Crippen molar-refractivity contribution in [3.63, 3.8) is 0 Å². The van der Waals surface area contributed by atoms with Crippen molar-refractivity contribution < 1.29 is 14.3 Å². The summed E-state index contributed by atoms with van der Waals surface area (Å²) in [5.41, 5.74) is 4.40. The van der Waals surface area contributed by atoms with Gasteiger partial charge >= 0.3 is 5.97 Å². The molecule has 2 heterocycles. The molecule has 152 valence electrons. The third kappa shape index (κ3) is 5.99. The van der Waals surface area contributed by atoms with Gasteiger partial charge in [-0.3, -0.25) is 14.3 Å². The van der Waals surface area contributed by atoms with Gasteiger partial charge in [-0.05, 0) is 38.5 Å². The van der Waals surface area contributed by atoms with Crippen LogP contribution < -0.4 is 5.32 Å². The average molecular weight is 413 g/mol. The molecular weight excluding hydrogens is 388 g/mol. The van der Waals surface area contributed by atoms with Crippen LogP contribution in [0.5, 0.6) is 0 Å². The molecule has 3 rings (SSSR count). The van der Waals surface area contributed by atoms with Gasteiger partial charge in [-0.1, -0.05) is 18.2 Å². The maximum absolute atomic E-state index is 12.2. The van der Waals surface area contributed by atoms with E-state index in [9.17, 15) is 9.59 Å². The molecule has 0 aliphatic heterocycles. The number of hydrogen-bond donors (Lipinski definition) is 1. The molecule has 0 saturated carbocycles. The molecule has 0 radical (unpaired) electrons. The summed E-state index contributed by atoms with van der Waals surface area (Å²) in [5.74, 6) is -0.425. The summed E-state index contributed by atoms with van der Waals surface area (Å²) in [5, 5.41) is 9.71. The minimum absolute atomic E-state index is 0.103. The van der Waals surface area contributed by atoms with E-state index < -0.39 is 0 Å². The molecule has 0 spiro atoms. The fourth-order valence-corrected chi connectivity index (χ4v) is 3.64. The average Bonchev–Trinajstić information content (AvgIpc) is 3.25. The molecule has 0 aliphatic carbocycles. The van der Waals surface area contributed by atoms with Crippen LogP contribution in [0.4, 0.5) is 5.69 Å². The van der Waals surface area contributed by atoms with Crippen molar-refractivity contribution in [1.29, 1.82) is 0 Å². The SMILES string of the molecule is Cc1cc(C)n(CCC(=O)OCc2csc(CC(=O)Nc3ccccc3C)n2)n1. The van der Waals surface area contributed by atoms with Crippen LogP contribution in [-0.4, -0.2) is 26.6 Å². The van der Waals surface area contributed by atoms with Gasteiger partial charge in [0.05, 0.1) is 30.8 Å². The number of esters is 1. The van der Waals surface area contributed by atoms with Crippen LogP contribution in [0, 0.1) is 20.8 Å². The van der Waals surface area contributed by atoms with Gasteiger partial charge in [0.2, 0.25) is 5.91 Å². The molecule has 2 aromatic heterocycles. The molecule has 1 aromatic carbocycles. The van der Waals surface area contributed by atoms with E-state index in [2.05, 4.69) is 15.4 Å². The molecule has 8 heteroatoms.